The Hall–Kier alpha value is -1.59. The SMILES string of the molecule is Cc1cc(C(=O)O)cc2c1nc([C@H](C)Cl)n2CC1CCO1. The maximum atomic E-state index is 11.3. The normalized spacial score (nSPS) is 19.5. The summed E-state index contributed by atoms with van der Waals surface area (Å²) in [5.41, 5.74) is 2.73. The minimum Gasteiger partial charge on any atom is -0.478 e. The molecule has 2 aromatic rings. The lowest BCUT2D eigenvalue weighted by Gasteiger charge is -2.27. The molecule has 1 aromatic carbocycles. The van der Waals surface area contributed by atoms with Gasteiger partial charge in [0.2, 0.25) is 0 Å². The number of halogens is 1. The van der Waals surface area contributed by atoms with Crippen molar-refractivity contribution >= 4 is 28.6 Å². The smallest absolute Gasteiger partial charge is 0.335 e. The van der Waals surface area contributed by atoms with E-state index in [9.17, 15) is 9.90 Å². The molecular formula is C15H17ClN2O3. The number of carbonyl (C=O) groups is 1. The number of benzene rings is 1. The molecule has 6 heteroatoms. The van der Waals surface area contributed by atoms with Crippen LogP contribution in [0, 0.1) is 6.92 Å². The first-order chi connectivity index (χ1) is 9.97. The maximum Gasteiger partial charge on any atom is 0.335 e. The van der Waals surface area contributed by atoms with Crippen molar-refractivity contribution in [3.8, 4) is 0 Å². The average molecular weight is 309 g/mol. The second-order valence-electron chi connectivity index (χ2n) is 5.44. The number of hydrogen-bond acceptors (Lipinski definition) is 3. The van der Waals surface area contributed by atoms with E-state index in [4.69, 9.17) is 16.3 Å². The third-order valence-corrected chi connectivity index (χ3v) is 4.05. The Kier molecular flexibility index (Phi) is 3.63. The minimum atomic E-state index is -0.937. The van der Waals surface area contributed by atoms with Crippen LogP contribution in [-0.2, 0) is 11.3 Å². The topological polar surface area (TPSA) is 64.3 Å². The number of ether oxygens (including phenoxy) is 1. The molecular weight excluding hydrogens is 292 g/mol. The number of nitrogens with zero attached hydrogens (tertiary/aromatic N) is 2. The molecule has 112 valence electrons. The van der Waals surface area contributed by atoms with E-state index in [-0.39, 0.29) is 17.0 Å². The molecule has 5 nitrogen and oxygen atoms in total. The zero-order valence-electron chi connectivity index (χ0n) is 12.0. The van der Waals surface area contributed by atoms with Crippen LogP contribution < -0.4 is 0 Å². The van der Waals surface area contributed by atoms with Crippen LogP contribution in [0.3, 0.4) is 0 Å². The van der Waals surface area contributed by atoms with Crippen LogP contribution in [0.25, 0.3) is 11.0 Å². The monoisotopic (exact) mass is 308 g/mol. The lowest BCUT2D eigenvalue weighted by atomic mass is 10.1. The molecule has 1 unspecified atom stereocenters. The summed E-state index contributed by atoms with van der Waals surface area (Å²) in [5.74, 6) is -0.180. The van der Waals surface area contributed by atoms with Gasteiger partial charge in [-0.15, -0.1) is 11.6 Å². The first kappa shape index (κ1) is 14.4. The van der Waals surface area contributed by atoms with E-state index in [2.05, 4.69) is 4.98 Å². The molecule has 1 aliphatic heterocycles. The van der Waals surface area contributed by atoms with E-state index in [0.717, 1.165) is 35.4 Å². The Morgan fingerprint density at radius 3 is 2.86 bits per heavy atom. The molecule has 2 atom stereocenters. The van der Waals surface area contributed by atoms with E-state index in [0.29, 0.717) is 6.54 Å². The highest BCUT2D eigenvalue weighted by Gasteiger charge is 2.24. The van der Waals surface area contributed by atoms with Crippen LogP contribution in [-0.4, -0.2) is 33.3 Å². The van der Waals surface area contributed by atoms with Crippen molar-refractivity contribution in [3.05, 3.63) is 29.1 Å². The van der Waals surface area contributed by atoms with Crippen LogP contribution in [0.4, 0.5) is 0 Å². The molecule has 0 spiro atoms. The first-order valence-electron chi connectivity index (χ1n) is 6.97. The number of hydrogen-bond donors (Lipinski definition) is 1. The highest BCUT2D eigenvalue weighted by Crippen LogP contribution is 2.29. The Morgan fingerprint density at radius 2 is 2.33 bits per heavy atom. The number of fused-ring (bicyclic) bond motifs is 1. The molecule has 0 bridgehead atoms. The second kappa shape index (κ2) is 5.31. The van der Waals surface area contributed by atoms with E-state index in [1.807, 2.05) is 18.4 Å². The van der Waals surface area contributed by atoms with E-state index >= 15 is 0 Å². The number of imidazole rings is 1. The fraction of sp³-hybridized carbons (Fsp3) is 0.467. The molecule has 1 fully saturated rings. The van der Waals surface area contributed by atoms with E-state index < -0.39 is 5.97 Å². The Balaban J connectivity index is 2.18. The summed E-state index contributed by atoms with van der Waals surface area (Å²) in [6.07, 6.45) is 1.17. The van der Waals surface area contributed by atoms with Crippen molar-refractivity contribution in [1.82, 2.24) is 9.55 Å². The molecule has 1 saturated heterocycles. The van der Waals surface area contributed by atoms with Crippen LogP contribution in [0.15, 0.2) is 12.1 Å². The molecule has 2 heterocycles. The highest BCUT2D eigenvalue weighted by molar-refractivity contribution is 6.20. The number of alkyl halides is 1. The van der Waals surface area contributed by atoms with Gasteiger partial charge in [-0.25, -0.2) is 9.78 Å². The molecule has 1 aromatic heterocycles. The summed E-state index contributed by atoms with van der Waals surface area (Å²) in [5, 5.41) is 8.99. The van der Waals surface area contributed by atoms with Gasteiger partial charge in [-0.2, -0.15) is 0 Å². The lowest BCUT2D eigenvalue weighted by molar-refractivity contribution is -0.0590. The van der Waals surface area contributed by atoms with Gasteiger partial charge >= 0.3 is 5.97 Å². The van der Waals surface area contributed by atoms with Crippen molar-refractivity contribution in [2.75, 3.05) is 6.61 Å². The van der Waals surface area contributed by atoms with Gasteiger partial charge in [0, 0.05) is 6.61 Å². The molecule has 21 heavy (non-hydrogen) atoms. The number of rotatable bonds is 4. The third kappa shape index (κ3) is 2.51. The van der Waals surface area contributed by atoms with Crippen LogP contribution in [0.5, 0.6) is 0 Å². The van der Waals surface area contributed by atoms with Crippen molar-refractivity contribution < 1.29 is 14.6 Å². The fourth-order valence-electron chi connectivity index (χ4n) is 2.66. The predicted octanol–water partition coefficient (Wildman–Crippen LogP) is 3.13. The number of carboxylic acids is 1. The molecule has 0 saturated carbocycles. The Bertz CT molecular complexity index is 704. The molecule has 0 amide bonds. The van der Waals surface area contributed by atoms with Gasteiger partial charge in [-0.1, -0.05) is 0 Å². The molecule has 3 rings (SSSR count). The summed E-state index contributed by atoms with van der Waals surface area (Å²) in [4.78, 5) is 15.9. The second-order valence-corrected chi connectivity index (χ2v) is 6.10. The first-order valence-corrected chi connectivity index (χ1v) is 7.40. The summed E-state index contributed by atoms with van der Waals surface area (Å²) in [6, 6.07) is 3.31. The van der Waals surface area contributed by atoms with E-state index in [1.165, 1.54) is 0 Å². The summed E-state index contributed by atoms with van der Waals surface area (Å²) in [7, 11) is 0. The largest absolute Gasteiger partial charge is 0.478 e. The maximum absolute atomic E-state index is 11.3. The summed E-state index contributed by atoms with van der Waals surface area (Å²) >= 11 is 6.24. The molecule has 1 N–H and O–H groups in total. The average Bonchev–Trinajstić information content (AvgIpc) is 2.73. The van der Waals surface area contributed by atoms with Gasteiger partial charge in [0.1, 0.15) is 5.82 Å². The van der Waals surface area contributed by atoms with Crippen LogP contribution >= 0.6 is 11.6 Å². The number of aryl methyl sites for hydroxylation is 1. The summed E-state index contributed by atoms with van der Waals surface area (Å²) in [6.45, 7) is 5.18. The predicted molar refractivity (Wildman–Crippen MR) is 80.1 cm³/mol. The van der Waals surface area contributed by atoms with Gasteiger partial charge < -0.3 is 14.4 Å². The van der Waals surface area contributed by atoms with Crippen LogP contribution in [0.2, 0.25) is 0 Å². The van der Waals surface area contributed by atoms with Crippen molar-refractivity contribution in [2.24, 2.45) is 0 Å². The standard InChI is InChI=1S/C15H17ClN2O3/c1-8-5-10(15(19)20)6-12-13(8)17-14(9(2)16)18(12)7-11-3-4-21-11/h5-6,9,11H,3-4,7H2,1-2H3,(H,19,20)/t9-,11?/m0/s1. The quantitative estimate of drug-likeness (QED) is 0.881. The van der Waals surface area contributed by atoms with Crippen molar-refractivity contribution in [1.29, 1.82) is 0 Å². The van der Waals surface area contributed by atoms with Gasteiger partial charge in [0.25, 0.3) is 0 Å². The Labute approximate surface area is 127 Å². The number of aromatic nitrogens is 2. The zero-order chi connectivity index (χ0) is 15.1. The van der Waals surface area contributed by atoms with Crippen molar-refractivity contribution in [3.63, 3.8) is 0 Å². The fourth-order valence-corrected chi connectivity index (χ4v) is 2.83. The molecule has 0 aliphatic carbocycles. The Morgan fingerprint density at radius 1 is 1.62 bits per heavy atom. The number of carboxylic acid groups (broad SMARTS) is 1. The zero-order valence-corrected chi connectivity index (χ0v) is 12.7. The van der Waals surface area contributed by atoms with Crippen molar-refractivity contribution in [2.45, 2.75) is 38.3 Å². The third-order valence-electron chi connectivity index (χ3n) is 3.86. The number of aromatic carboxylic acids is 1. The van der Waals surface area contributed by atoms with Crippen LogP contribution in [0.1, 0.15) is 40.5 Å². The summed E-state index contributed by atoms with van der Waals surface area (Å²) < 4.78 is 7.48. The molecule has 0 radical (unpaired) electrons. The van der Waals surface area contributed by atoms with Gasteiger partial charge in [0.15, 0.2) is 0 Å². The highest BCUT2D eigenvalue weighted by atomic mass is 35.5. The van der Waals surface area contributed by atoms with E-state index in [1.54, 1.807) is 12.1 Å². The van der Waals surface area contributed by atoms with Gasteiger partial charge in [0.05, 0.1) is 34.6 Å². The minimum absolute atomic E-state index is 0.158. The lowest BCUT2D eigenvalue weighted by Crippen LogP contribution is -2.31. The van der Waals surface area contributed by atoms with Gasteiger partial charge in [-0.3, -0.25) is 0 Å². The van der Waals surface area contributed by atoms with Gasteiger partial charge in [-0.05, 0) is 38.0 Å². The molecule has 1 aliphatic rings.